The second-order valence-electron chi connectivity index (χ2n) is 4.68. The van der Waals surface area contributed by atoms with Gasteiger partial charge in [-0.05, 0) is 41.5 Å². The van der Waals surface area contributed by atoms with Gasteiger partial charge in [-0.25, -0.2) is 9.18 Å². The molecule has 2 aromatic carbocycles. The number of nitrogens with zero attached hydrogens (tertiary/aromatic N) is 1. The lowest BCUT2D eigenvalue weighted by atomic mass is 10.0. The van der Waals surface area contributed by atoms with E-state index >= 15 is 0 Å². The first-order chi connectivity index (χ1) is 9.97. The van der Waals surface area contributed by atoms with Gasteiger partial charge in [0.1, 0.15) is 5.82 Å². The average Bonchev–Trinajstić information content (AvgIpc) is 2.75. The fourth-order valence-electron chi connectivity index (χ4n) is 2.20. The van der Waals surface area contributed by atoms with Crippen LogP contribution in [0.25, 0.3) is 11.1 Å². The molecular weight excluding hydrogens is 361 g/mol. The number of rotatable bonds is 2. The average molecular weight is 371 g/mol. The lowest BCUT2D eigenvalue weighted by molar-refractivity contribution is 0.528. The van der Waals surface area contributed by atoms with E-state index in [1.807, 2.05) is 0 Å². The van der Waals surface area contributed by atoms with Crippen LogP contribution >= 0.6 is 27.5 Å². The molecule has 0 fully saturated rings. The van der Waals surface area contributed by atoms with Crippen molar-refractivity contribution >= 4 is 38.6 Å². The fraction of sp³-hybridized carbons (Fsp3) is 0.133. The Bertz CT molecular complexity index is 887. The zero-order chi connectivity index (χ0) is 15.1. The molecule has 3 nitrogen and oxygen atoms in total. The molecule has 0 aliphatic carbocycles. The second-order valence-corrected chi connectivity index (χ2v) is 5.97. The standard InChI is InChI=1S/C15H10BrClFNO2/c1-19-12-5-2-8(6-13(12)21-15(19)20)14(17)10-7-9(18)3-4-11(10)16/h2-7,14H,1H3. The van der Waals surface area contributed by atoms with Crippen LogP contribution in [0.15, 0.2) is 50.1 Å². The Morgan fingerprint density at radius 1 is 1.29 bits per heavy atom. The normalized spacial score (nSPS) is 12.8. The summed E-state index contributed by atoms with van der Waals surface area (Å²) in [6.45, 7) is 0. The molecule has 1 atom stereocenters. The van der Waals surface area contributed by atoms with E-state index in [-0.39, 0.29) is 5.82 Å². The van der Waals surface area contributed by atoms with E-state index < -0.39 is 11.1 Å². The third-order valence-electron chi connectivity index (χ3n) is 3.34. The van der Waals surface area contributed by atoms with Crippen molar-refractivity contribution in [3.05, 3.63) is 68.4 Å². The Hall–Kier alpha value is -1.59. The smallest absolute Gasteiger partial charge is 0.408 e. The zero-order valence-corrected chi connectivity index (χ0v) is 13.3. The first-order valence-electron chi connectivity index (χ1n) is 6.16. The van der Waals surface area contributed by atoms with Gasteiger partial charge in [-0.3, -0.25) is 4.57 Å². The summed E-state index contributed by atoms with van der Waals surface area (Å²) >= 11 is 9.80. The van der Waals surface area contributed by atoms with Crippen molar-refractivity contribution in [1.29, 1.82) is 0 Å². The van der Waals surface area contributed by atoms with Crippen LogP contribution in [0.4, 0.5) is 4.39 Å². The van der Waals surface area contributed by atoms with E-state index in [0.717, 1.165) is 10.0 Å². The van der Waals surface area contributed by atoms with Crippen molar-refractivity contribution < 1.29 is 8.81 Å². The van der Waals surface area contributed by atoms with Gasteiger partial charge in [-0.2, -0.15) is 0 Å². The van der Waals surface area contributed by atoms with E-state index in [1.165, 1.54) is 16.7 Å². The Morgan fingerprint density at radius 2 is 2.05 bits per heavy atom. The molecule has 1 heterocycles. The summed E-state index contributed by atoms with van der Waals surface area (Å²) in [7, 11) is 1.63. The maximum absolute atomic E-state index is 13.4. The Morgan fingerprint density at radius 3 is 2.81 bits per heavy atom. The number of fused-ring (bicyclic) bond motifs is 1. The topological polar surface area (TPSA) is 35.1 Å². The van der Waals surface area contributed by atoms with Crippen molar-refractivity contribution in [2.45, 2.75) is 5.38 Å². The van der Waals surface area contributed by atoms with Crippen molar-refractivity contribution in [3.63, 3.8) is 0 Å². The molecule has 3 rings (SSSR count). The zero-order valence-electron chi connectivity index (χ0n) is 10.9. The quantitative estimate of drug-likeness (QED) is 0.628. The second kappa shape index (κ2) is 5.31. The molecule has 0 spiro atoms. The molecular formula is C15H10BrClFNO2. The van der Waals surface area contributed by atoms with E-state index in [0.29, 0.717) is 16.7 Å². The molecule has 0 saturated carbocycles. The third-order valence-corrected chi connectivity index (χ3v) is 4.55. The van der Waals surface area contributed by atoms with Gasteiger partial charge >= 0.3 is 5.76 Å². The van der Waals surface area contributed by atoms with Gasteiger partial charge in [-0.15, -0.1) is 11.6 Å². The lowest BCUT2D eigenvalue weighted by Gasteiger charge is -2.12. The van der Waals surface area contributed by atoms with E-state index in [4.69, 9.17) is 16.0 Å². The molecule has 1 unspecified atom stereocenters. The van der Waals surface area contributed by atoms with Gasteiger partial charge in [0.05, 0.1) is 10.9 Å². The number of oxazole rings is 1. The first-order valence-corrected chi connectivity index (χ1v) is 7.39. The molecule has 0 amide bonds. The van der Waals surface area contributed by atoms with Gasteiger partial charge < -0.3 is 4.42 Å². The Labute approximate surface area is 133 Å². The van der Waals surface area contributed by atoms with Crippen molar-refractivity contribution in [1.82, 2.24) is 4.57 Å². The molecule has 0 bridgehead atoms. The summed E-state index contributed by atoms with van der Waals surface area (Å²) in [5.74, 6) is -0.786. The predicted molar refractivity (Wildman–Crippen MR) is 83.3 cm³/mol. The van der Waals surface area contributed by atoms with Crippen LogP contribution in [-0.4, -0.2) is 4.57 Å². The maximum Gasteiger partial charge on any atom is 0.419 e. The number of halogens is 3. The maximum atomic E-state index is 13.4. The molecule has 0 radical (unpaired) electrons. The summed E-state index contributed by atoms with van der Waals surface area (Å²) in [5, 5.41) is -0.551. The summed E-state index contributed by atoms with van der Waals surface area (Å²) in [5.41, 5.74) is 2.49. The molecule has 108 valence electrons. The fourth-order valence-corrected chi connectivity index (χ4v) is 3.12. The first kappa shape index (κ1) is 14.4. The summed E-state index contributed by atoms with van der Waals surface area (Å²) < 4.78 is 20.7. The van der Waals surface area contributed by atoms with E-state index in [1.54, 1.807) is 31.3 Å². The van der Waals surface area contributed by atoms with Crippen molar-refractivity contribution in [2.24, 2.45) is 7.05 Å². The number of alkyl halides is 1. The number of hydrogen-bond acceptors (Lipinski definition) is 2. The van der Waals surface area contributed by atoms with Crippen LogP contribution in [0.2, 0.25) is 0 Å². The number of hydrogen-bond donors (Lipinski definition) is 0. The molecule has 0 saturated heterocycles. The summed E-state index contributed by atoms with van der Waals surface area (Å²) in [6, 6.07) is 9.61. The minimum Gasteiger partial charge on any atom is -0.408 e. The summed E-state index contributed by atoms with van der Waals surface area (Å²) in [6.07, 6.45) is 0. The molecule has 1 aromatic heterocycles. The largest absolute Gasteiger partial charge is 0.419 e. The highest BCUT2D eigenvalue weighted by atomic mass is 79.9. The molecule has 0 aliphatic heterocycles. The van der Waals surface area contributed by atoms with Crippen LogP contribution < -0.4 is 5.76 Å². The van der Waals surface area contributed by atoms with E-state index in [2.05, 4.69) is 15.9 Å². The van der Waals surface area contributed by atoms with Crippen molar-refractivity contribution in [2.75, 3.05) is 0 Å². The lowest BCUT2D eigenvalue weighted by Crippen LogP contribution is -2.08. The van der Waals surface area contributed by atoms with Crippen LogP contribution in [0, 0.1) is 5.82 Å². The van der Waals surface area contributed by atoms with Crippen LogP contribution in [0.1, 0.15) is 16.5 Å². The number of benzene rings is 2. The van der Waals surface area contributed by atoms with Gasteiger partial charge in [0.2, 0.25) is 0 Å². The molecule has 0 N–H and O–H groups in total. The number of aromatic nitrogens is 1. The van der Waals surface area contributed by atoms with E-state index in [9.17, 15) is 9.18 Å². The monoisotopic (exact) mass is 369 g/mol. The van der Waals surface area contributed by atoms with Gasteiger partial charge in [-0.1, -0.05) is 22.0 Å². The minimum absolute atomic E-state index is 0.355. The summed E-state index contributed by atoms with van der Waals surface area (Å²) in [4.78, 5) is 11.5. The molecule has 3 aromatic rings. The highest BCUT2D eigenvalue weighted by Crippen LogP contribution is 2.35. The van der Waals surface area contributed by atoms with Crippen LogP contribution in [0.5, 0.6) is 0 Å². The SMILES string of the molecule is Cn1c(=O)oc2cc(C(Cl)c3cc(F)ccc3Br)ccc21. The highest BCUT2D eigenvalue weighted by Gasteiger charge is 2.17. The van der Waals surface area contributed by atoms with Gasteiger partial charge in [0, 0.05) is 11.5 Å². The highest BCUT2D eigenvalue weighted by molar-refractivity contribution is 9.10. The van der Waals surface area contributed by atoms with Crippen molar-refractivity contribution in [3.8, 4) is 0 Å². The molecule has 21 heavy (non-hydrogen) atoms. The third kappa shape index (κ3) is 2.51. The Kier molecular flexibility index (Phi) is 3.63. The van der Waals surface area contributed by atoms with Gasteiger partial charge in [0.25, 0.3) is 0 Å². The predicted octanol–water partition coefficient (Wildman–Crippen LogP) is 4.36. The molecule has 0 aliphatic rings. The number of aryl methyl sites for hydroxylation is 1. The van der Waals surface area contributed by atoms with Crippen LogP contribution in [0.3, 0.4) is 0 Å². The van der Waals surface area contributed by atoms with Crippen LogP contribution in [-0.2, 0) is 7.05 Å². The molecule has 6 heteroatoms. The Balaban J connectivity index is 2.11. The van der Waals surface area contributed by atoms with Gasteiger partial charge in [0.15, 0.2) is 5.58 Å². The minimum atomic E-state index is -0.551.